The molecule has 3 aromatic rings. The average molecular weight is 621 g/mol. The van der Waals surface area contributed by atoms with Crippen LogP contribution in [0.4, 0.5) is 0 Å². The summed E-state index contributed by atoms with van der Waals surface area (Å²) in [7, 11) is 1.54. The quantitative estimate of drug-likeness (QED) is 0.176. The number of nitrogens with zero attached hydrogens (tertiary/aromatic N) is 2. The largest absolute Gasteiger partial charge is 0.493 e. The van der Waals surface area contributed by atoms with Gasteiger partial charge < -0.3 is 9.47 Å². The van der Waals surface area contributed by atoms with Gasteiger partial charge in [-0.15, -0.1) is 0 Å². The Hall–Kier alpha value is -2.88. The fourth-order valence-corrected chi connectivity index (χ4v) is 4.69. The lowest BCUT2D eigenvalue weighted by molar-refractivity contribution is -0.123. The van der Waals surface area contributed by atoms with Gasteiger partial charge in [0, 0.05) is 21.2 Å². The third kappa shape index (κ3) is 5.52. The Bertz CT molecular complexity index is 1370. The highest BCUT2D eigenvalue weighted by atomic mass is 127. The zero-order chi connectivity index (χ0) is 25.1. The van der Waals surface area contributed by atoms with Crippen molar-refractivity contribution in [1.29, 1.82) is 0 Å². The van der Waals surface area contributed by atoms with Crippen molar-refractivity contribution < 1.29 is 19.1 Å². The Labute approximate surface area is 226 Å². The number of rotatable bonds is 6. The van der Waals surface area contributed by atoms with Crippen LogP contribution in [-0.2, 0) is 11.4 Å². The van der Waals surface area contributed by atoms with Crippen LogP contribution in [0.5, 0.6) is 11.5 Å². The minimum absolute atomic E-state index is 0.226. The Kier molecular flexibility index (Phi) is 7.78. The van der Waals surface area contributed by atoms with Crippen molar-refractivity contribution in [3.8, 4) is 11.5 Å². The van der Waals surface area contributed by atoms with Crippen molar-refractivity contribution in [2.24, 2.45) is 5.10 Å². The molecule has 1 heterocycles. The van der Waals surface area contributed by atoms with Crippen LogP contribution < -0.4 is 9.47 Å². The van der Waals surface area contributed by atoms with Crippen LogP contribution in [0.3, 0.4) is 0 Å². The first-order valence-corrected chi connectivity index (χ1v) is 12.3. The molecule has 0 atom stereocenters. The van der Waals surface area contributed by atoms with Gasteiger partial charge in [-0.2, -0.15) is 10.1 Å². The van der Waals surface area contributed by atoms with Gasteiger partial charge in [0.05, 0.1) is 22.0 Å². The molecular formula is C26H19Cl2IN2O4. The number of methoxy groups -OCH3 is 1. The molecule has 2 amide bonds. The van der Waals surface area contributed by atoms with E-state index in [4.69, 9.17) is 32.7 Å². The van der Waals surface area contributed by atoms with Crippen molar-refractivity contribution in [3.05, 3.63) is 96.5 Å². The molecule has 3 aromatic carbocycles. The second kappa shape index (κ2) is 10.8. The molecule has 9 heteroatoms. The molecule has 0 aromatic heterocycles. The molecule has 4 rings (SSSR count). The van der Waals surface area contributed by atoms with Crippen molar-refractivity contribution in [1.82, 2.24) is 5.01 Å². The molecule has 0 unspecified atom stereocenters. The van der Waals surface area contributed by atoms with Gasteiger partial charge in [-0.05, 0) is 77.6 Å². The van der Waals surface area contributed by atoms with Crippen molar-refractivity contribution in [3.63, 3.8) is 0 Å². The molecule has 178 valence electrons. The molecule has 1 aliphatic heterocycles. The maximum Gasteiger partial charge on any atom is 0.283 e. The maximum absolute atomic E-state index is 13.0. The van der Waals surface area contributed by atoms with Crippen LogP contribution in [-0.4, -0.2) is 29.6 Å². The molecule has 6 nitrogen and oxygen atoms in total. The summed E-state index contributed by atoms with van der Waals surface area (Å²) in [5.74, 6) is 0.0783. The Morgan fingerprint density at radius 1 is 1.11 bits per heavy atom. The van der Waals surface area contributed by atoms with E-state index in [9.17, 15) is 9.59 Å². The lowest BCUT2D eigenvalue weighted by atomic mass is 10.1. The Balaban J connectivity index is 1.58. The molecule has 0 saturated carbocycles. The van der Waals surface area contributed by atoms with E-state index in [0.717, 1.165) is 14.1 Å². The van der Waals surface area contributed by atoms with Gasteiger partial charge in [0.1, 0.15) is 6.61 Å². The average Bonchev–Trinajstić information content (AvgIpc) is 3.12. The number of benzene rings is 3. The highest BCUT2D eigenvalue weighted by Crippen LogP contribution is 2.36. The minimum Gasteiger partial charge on any atom is -0.493 e. The first-order chi connectivity index (χ1) is 16.8. The van der Waals surface area contributed by atoms with Crippen LogP contribution >= 0.6 is 45.8 Å². The smallest absolute Gasteiger partial charge is 0.283 e. The van der Waals surface area contributed by atoms with Crippen LogP contribution in [0, 0.1) is 3.57 Å². The van der Waals surface area contributed by atoms with Crippen LogP contribution in [0.15, 0.2) is 71.3 Å². The highest BCUT2D eigenvalue weighted by Gasteiger charge is 2.33. The number of hydrazone groups is 1. The molecule has 35 heavy (non-hydrogen) atoms. The van der Waals surface area contributed by atoms with Crippen LogP contribution in [0.1, 0.15) is 28.4 Å². The summed E-state index contributed by atoms with van der Waals surface area (Å²) in [5.41, 5.74) is 2.65. The maximum atomic E-state index is 13.0. The fraction of sp³-hybridized carbons (Fsp3) is 0.115. The van der Waals surface area contributed by atoms with Gasteiger partial charge in [-0.3, -0.25) is 9.59 Å². The van der Waals surface area contributed by atoms with Gasteiger partial charge in [0.15, 0.2) is 11.5 Å². The first-order valence-electron chi connectivity index (χ1n) is 10.4. The fourth-order valence-electron chi connectivity index (χ4n) is 3.44. The predicted octanol–water partition coefficient (Wildman–Crippen LogP) is 6.63. The normalized spacial score (nSPS) is 14.3. The standard InChI is InChI=1S/C26H19Cl2IN2O4/c1-15-20(26(33)31(30-15)25(32)17-6-4-3-5-7-17)10-16-11-22(29)24(23(12-16)34-2)35-14-18-8-9-19(27)13-21(18)28/h3-13H,14H2,1-2H3/b20-10+. The highest BCUT2D eigenvalue weighted by molar-refractivity contribution is 14.1. The molecule has 0 spiro atoms. The summed E-state index contributed by atoms with van der Waals surface area (Å²) >= 11 is 14.4. The topological polar surface area (TPSA) is 68.2 Å². The molecule has 1 aliphatic rings. The zero-order valence-electron chi connectivity index (χ0n) is 18.7. The van der Waals surface area contributed by atoms with E-state index in [2.05, 4.69) is 27.7 Å². The minimum atomic E-state index is -0.483. The van der Waals surface area contributed by atoms with Gasteiger partial charge in [0.25, 0.3) is 11.8 Å². The molecule has 0 fully saturated rings. The number of halogens is 3. The van der Waals surface area contributed by atoms with Crippen LogP contribution in [0.25, 0.3) is 6.08 Å². The zero-order valence-corrected chi connectivity index (χ0v) is 22.4. The summed E-state index contributed by atoms with van der Waals surface area (Å²) in [6, 6.07) is 17.4. The molecule has 0 saturated heterocycles. The second-order valence-electron chi connectivity index (χ2n) is 7.59. The lowest BCUT2D eigenvalue weighted by Gasteiger charge is -2.14. The Morgan fingerprint density at radius 2 is 1.86 bits per heavy atom. The van der Waals surface area contributed by atoms with Crippen LogP contribution in [0.2, 0.25) is 10.0 Å². The monoisotopic (exact) mass is 620 g/mol. The van der Waals surface area contributed by atoms with Gasteiger partial charge in [-0.1, -0.05) is 47.5 Å². The summed E-state index contributed by atoms with van der Waals surface area (Å²) in [6.07, 6.45) is 1.68. The number of carbonyl (C=O) groups is 2. The number of amides is 2. The predicted molar refractivity (Wildman–Crippen MR) is 145 cm³/mol. The van der Waals surface area contributed by atoms with Gasteiger partial charge in [-0.25, -0.2) is 0 Å². The third-order valence-electron chi connectivity index (χ3n) is 5.23. The van der Waals surface area contributed by atoms with E-state index in [1.165, 1.54) is 7.11 Å². The summed E-state index contributed by atoms with van der Waals surface area (Å²) in [5, 5.41) is 6.14. The second-order valence-corrected chi connectivity index (χ2v) is 9.60. The first kappa shape index (κ1) is 25.2. The van der Waals surface area contributed by atoms with E-state index >= 15 is 0 Å². The summed E-state index contributed by atoms with van der Waals surface area (Å²) in [4.78, 5) is 25.7. The number of carbonyl (C=O) groups excluding carboxylic acids is 2. The molecular weight excluding hydrogens is 602 g/mol. The van der Waals surface area contributed by atoms with Gasteiger partial charge >= 0.3 is 0 Å². The third-order valence-corrected chi connectivity index (χ3v) is 6.61. The number of imide groups is 1. The molecule has 0 N–H and O–H groups in total. The molecule has 0 aliphatic carbocycles. The van der Waals surface area contributed by atoms with E-state index in [1.54, 1.807) is 67.6 Å². The number of hydrogen-bond donors (Lipinski definition) is 0. The Morgan fingerprint density at radius 3 is 2.54 bits per heavy atom. The SMILES string of the molecule is COc1cc(/C=C2/C(=O)N(C(=O)c3ccccc3)N=C2C)cc(I)c1OCc1ccc(Cl)cc1Cl. The van der Waals surface area contributed by atoms with Crippen molar-refractivity contribution in [2.75, 3.05) is 7.11 Å². The lowest BCUT2D eigenvalue weighted by Crippen LogP contribution is -2.29. The molecule has 0 bridgehead atoms. The summed E-state index contributed by atoms with van der Waals surface area (Å²) in [6.45, 7) is 1.92. The summed E-state index contributed by atoms with van der Waals surface area (Å²) < 4.78 is 12.3. The molecule has 0 radical (unpaired) electrons. The van der Waals surface area contributed by atoms with Crippen molar-refractivity contribution >= 4 is 69.4 Å². The van der Waals surface area contributed by atoms with E-state index in [1.807, 2.05) is 6.07 Å². The number of hydrogen-bond acceptors (Lipinski definition) is 5. The van der Waals surface area contributed by atoms with E-state index in [-0.39, 0.29) is 6.61 Å². The van der Waals surface area contributed by atoms with Gasteiger partial charge in [0.2, 0.25) is 0 Å². The van der Waals surface area contributed by atoms with Crippen molar-refractivity contribution in [2.45, 2.75) is 13.5 Å². The number of ether oxygens (including phenoxy) is 2. The van der Waals surface area contributed by atoms with E-state index in [0.29, 0.717) is 44.0 Å². The van der Waals surface area contributed by atoms with E-state index < -0.39 is 11.8 Å².